The van der Waals surface area contributed by atoms with Crippen molar-refractivity contribution in [2.45, 2.75) is 109 Å². The summed E-state index contributed by atoms with van der Waals surface area (Å²) >= 11 is 0. The number of rotatable bonds is 10. The number of alkyl halides is 2. The molecule has 164 valence electrons. The second kappa shape index (κ2) is 11.9. The van der Waals surface area contributed by atoms with Crippen LogP contribution in [0.1, 0.15) is 108 Å². The molecule has 0 aliphatic heterocycles. The second-order valence-electron chi connectivity index (χ2n) is 9.54. The first-order chi connectivity index (χ1) is 14.2. The van der Waals surface area contributed by atoms with Crippen LogP contribution in [-0.2, 0) is 0 Å². The molecular weight excluding hydrogens is 366 g/mol. The molecule has 0 spiro atoms. The molecule has 1 aromatic rings. The van der Waals surface area contributed by atoms with Crippen molar-refractivity contribution >= 4 is 0 Å². The summed E-state index contributed by atoms with van der Waals surface area (Å²) < 4.78 is 29.1. The predicted octanol–water partition coefficient (Wildman–Crippen LogP) is 8.73. The summed E-state index contributed by atoms with van der Waals surface area (Å²) in [6.07, 6.45) is 19.5. The van der Waals surface area contributed by atoms with Gasteiger partial charge in [0.1, 0.15) is 5.75 Å². The van der Waals surface area contributed by atoms with E-state index in [0.717, 1.165) is 17.8 Å². The fourth-order valence-electron chi connectivity index (χ4n) is 5.83. The Morgan fingerprint density at radius 1 is 0.793 bits per heavy atom. The molecule has 0 heterocycles. The van der Waals surface area contributed by atoms with E-state index in [2.05, 4.69) is 11.7 Å². The number of unbranched alkanes of at least 4 members (excludes halogenated alkanes) is 4. The van der Waals surface area contributed by atoms with E-state index >= 15 is 0 Å². The molecule has 0 saturated heterocycles. The Morgan fingerprint density at radius 3 is 1.97 bits per heavy atom. The summed E-state index contributed by atoms with van der Waals surface area (Å²) in [7, 11) is 0. The zero-order valence-corrected chi connectivity index (χ0v) is 18.3. The van der Waals surface area contributed by atoms with Crippen LogP contribution in [0.15, 0.2) is 24.3 Å². The lowest BCUT2D eigenvalue weighted by atomic mass is 9.68. The van der Waals surface area contributed by atoms with Gasteiger partial charge in [-0.1, -0.05) is 70.4 Å². The summed E-state index contributed by atoms with van der Waals surface area (Å²) in [4.78, 5) is 0. The smallest absolute Gasteiger partial charge is 0.387 e. The molecule has 0 amide bonds. The van der Waals surface area contributed by atoms with E-state index in [1.807, 2.05) is 12.1 Å². The average molecular weight is 407 g/mol. The van der Waals surface area contributed by atoms with Crippen LogP contribution in [-0.4, -0.2) is 6.61 Å². The van der Waals surface area contributed by atoms with Gasteiger partial charge < -0.3 is 4.74 Å². The number of halogens is 2. The molecule has 3 heteroatoms. The summed E-state index contributed by atoms with van der Waals surface area (Å²) in [5.74, 6) is 3.72. The van der Waals surface area contributed by atoms with Crippen LogP contribution in [0.5, 0.6) is 5.75 Å². The maximum absolute atomic E-state index is 12.3. The molecule has 2 aliphatic rings. The molecule has 29 heavy (non-hydrogen) atoms. The van der Waals surface area contributed by atoms with E-state index in [-0.39, 0.29) is 5.75 Å². The van der Waals surface area contributed by atoms with Gasteiger partial charge >= 0.3 is 6.61 Å². The van der Waals surface area contributed by atoms with Gasteiger partial charge in [-0.05, 0) is 79.9 Å². The Hall–Kier alpha value is -1.12. The molecule has 2 fully saturated rings. The van der Waals surface area contributed by atoms with Gasteiger partial charge in [0.15, 0.2) is 0 Å². The van der Waals surface area contributed by atoms with Crippen LogP contribution in [0.4, 0.5) is 8.78 Å². The topological polar surface area (TPSA) is 9.23 Å². The lowest BCUT2D eigenvalue weighted by molar-refractivity contribution is -0.0498. The zero-order chi connectivity index (χ0) is 20.5. The fraction of sp³-hybridized carbons (Fsp3) is 0.769. The van der Waals surface area contributed by atoms with Gasteiger partial charge in [0.05, 0.1) is 0 Å². The SMILES string of the molecule is CCCCCCC[C@H]1CC[C@H]([C@H]2CC[C@H](c3ccc(OC(F)F)cc3)CC2)CC1. The van der Waals surface area contributed by atoms with Crippen LogP contribution in [0.3, 0.4) is 0 Å². The van der Waals surface area contributed by atoms with Crippen LogP contribution in [0.2, 0.25) is 0 Å². The third-order valence-electron chi connectivity index (χ3n) is 7.62. The molecule has 2 aliphatic carbocycles. The maximum atomic E-state index is 12.3. The third kappa shape index (κ3) is 7.26. The maximum Gasteiger partial charge on any atom is 0.387 e. The first-order valence-corrected chi connectivity index (χ1v) is 12.2. The van der Waals surface area contributed by atoms with Crippen molar-refractivity contribution < 1.29 is 13.5 Å². The van der Waals surface area contributed by atoms with Gasteiger partial charge in [0.25, 0.3) is 0 Å². The highest BCUT2D eigenvalue weighted by Crippen LogP contribution is 2.44. The van der Waals surface area contributed by atoms with E-state index in [1.54, 1.807) is 12.1 Å². The Balaban J connectivity index is 1.35. The van der Waals surface area contributed by atoms with Crippen LogP contribution in [0.25, 0.3) is 0 Å². The molecule has 1 nitrogen and oxygen atoms in total. The number of hydrogen-bond donors (Lipinski definition) is 0. The highest BCUT2D eigenvalue weighted by molar-refractivity contribution is 5.29. The van der Waals surface area contributed by atoms with Crippen molar-refractivity contribution in [1.29, 1.82) is 0 Å². The fourth-order valence-corrected chi connectivity index (χ4v) is 5.83. The Bertz CT molecular complexity index is 555. The quantitative estimate of drug-likeness (QED) is 0.353. The number of hydrogen-bond acceptors (Lipinski definition) is 1. The van der Waals surface area contributed by atoms with E-state index in [1.165, 1.54) is 95.5 Å². The van der Waals surface area contributed by atoms with Gasteiger partial charge in [0.2, 0.25) is 0 Å². The van der Waals surface area contributed by atoms with Gasteiger partial charge in [-0.2, -0.15) is 8.78 Å². The molecule has 0 N–H and O–H groups in total. The van der Waals surface area contributed by atoms with E-state index in [0.29, 0.717) is 5.92 Å². The standard InChI is InChI=1S/C26H40F2O/c1-2-3-4-5-6-7-20-8-10-21(11-9-20)22-12-14-23(15-13-22)24-16-18-25(19-17-24)29-26(27)28/h16-23,26H,2-15H2,1H3/t20-,21-,22-,23-. The van der Waals surface area contributed by atoms with Gasteiger partial charge in [-0.3, -0.25) is 0 Å². The number of benzene rings is 1. The summed E-state index contributed by atoms with van der Waals surface area (Å²) in [5, 5.41) is 0. The second-order valence-corrected chi connectivity index (χ2v) is 9.54. The van der Waals surface area contributed by atoms with E-state index in [4.69, 9.17) is 0 Å². The molecule has 0 aromatic heterocycles. The Kier molecular flexibility index (Phi) is 9.27. The summed E-state index contributed by atoms with van der Waals surface area (Å²) in [6.45, 7) is -0.455. The summed E-state index contributed by atoms with van der Waals surface area (Å²) in [6, 6.07) is 7.34. The molecule has 0 radical (unpaired) electrons. The van der Waals surface area contributed by atoms with Crippen molar-refractivity contribution in [3.05, 3.63) is 29.8 Å². The van der Waals surface area contributed by atoms with Crippen molar-refractivity contribution in [3.63, 3.8) is 0 Å². The van der Waals surface area contributed by atoms with Crippen molar-refractivity contribution in [1.82, 2.24) is 0 Å². The van der Waals surface area contributed by atoms with Gasteiger partial charge in [-0.25, -0.2) is 0 Å². The van der Waals surface area contributed by atoms with Crippen molar-refractivity contribution in [2.75, 3.05) is 0 Å². The van der Waals surface area contributed by atoms with E-state index in [9.17, 15) is 8.78 Å². The molecule has 2 saturated carbocycles. The van der Waals surface area contributed by atoms with Crippen LogP contribution < -0.4 is 4.74 Å². The molecule has 0 atom stereocenters. The third-order valence-corrected chi connectivity index (χ3v) is 7.62. The minimum absolute atomic E-state index is 0.263. The molecule has 0 bridgehead atoms. The minimum atomic E-state index is -2.74. The van der Waals surface area contributed by atoms with Gasteiger partial charge in [-0.15, -0.1) is 0 Å². The zero-order valence-electron chi connectivity index (χ0n) is 18.3. The highest BCUT2D eigenvalue weighted by Gasteiger charge is 2.31. The molecule has 0 unspecified atom stereocenters. The van der Waals surface area contributed by atoms with Crippen LogP contribution in [0, 0.1) is 17.8 Å². The minimum Gasteiger partial charge on any atom is -0.435 e. The first kappa shape index (κ1) is 22.6. The largest absolute Gasteiger partial charge is 0.435 e. The first-order valence-electron chi connectivity index (χ1n) is 12.2. The predicted molar refractivity (Wildman–Crippen MR) is 117 cm³/mol. The monoisotopic (exact) mass is 406 g/mol. The lowest BCUT2D eigenvalue weighted by Crippen LogP contribution is -2.25. The van der Waals surface area contributed by atoms with Gasteiger partial charge in [0, 0.05) is 0 Å². The van der Waals surface area contributed by atoms with Crippen molar-refractivity contribution in [3.8, 4) is 5.75 Å². The molecular formula is C26H40F2O. The summed E-state index contributed by atoms with van der Waals surface area (Å²) in [5.41, 5.74) is 1.29. The average Bonchev–Trinajstić information content (AvgIpc) is 2.74. The molecule has 3 rings (SSSR count). The Morgan fingerprint density at radius 2 is 1.38 bits per heavy atom. The normalized spacial score (nSPS) is 27.9. The van der Waals surface area contributed by atoms with Crippen molar-refractivity contribution in [2.24, 2.45) is 17.8 Å². The highest BCUT2D eigenvalue weighted by atomic mass is 19.3. The lowest BCUT2D eigenvalue weighted by Gasteiger charge is -2.38. The van der Waals surface area contributed by atoms with E-state index < -0.39 is 6.61 Å². The van der Waals surface area contributed by atoms with Crippen LogP contribution >= 0.6 is 0 Å². The number of ether oxygens (including phenoxy) is 1. The molecule has 1 aromatic carbocycles. The Labute approximate surface area is 176 Å².